The van der Waals surface area contributed by atoms with E-state index in [2.05, 4.69) is 21.4 Å². The SMILES string of the molecule is O=c1[nH]c(CNC[C@@H]2Cc3ccccc3O2)nc2ccccc12. The zero-order valence-corrected chi connectivity index (χ0v) is 12.6. The fraction of sp³-hybridized carbons (Fsp3) is 0.222. The molecule has 0 aliphatic carbocycles. The first-order chi connectivity index (χ1) is 11.3. The summed E-state index contributed by atoms with van der Waals surface area (Å²) in [7, 11) is 0. The second-order valence-electron chi connectivity index (χ2n) is 5.71. The van der Waals surface area contributed by atoms with Gasteiger partial charge in [-0.05, 0) is 23.8 Å². The first-order valence-corrected chi connectivity index (χ1v) is 7.73. The second kappa shape index (κ2) is 5.85. The predicted octanol–water partition coefficient (Wildman–Crippen LogP) is 2.02. The molecule has 116 valence electrons. The number of benzene rings is 2. The van der Waals surface area contributed by atoms with Crippen molar-refractivity contribution in [1.29, 1.82) is 0 Å². The molecule has 0 fully saturated rings. The summed E-state index contributed by atoms with van der Waals surface area (Å²) in [6, 6.07) is 15.5. The first kappa shape index (κ1) is 14.0. The number of hydrogen-bond donors (Lipinski definition) is 2. The molecule has 3 aromatic rings. The van der Waals surface area contributed by atoms with Gasteiger partial charge < -0.3 is 15.0 Å². The van der Waals surface area contributed by atoms with Crippen LogP contribution in [0.15, 0.2) is 53.3 Å². The Bertz CT molecular complexity index is 879. The molecule has 1 aliphatic rings. The fourth-order valence-corrected chi connectivity index (χ4v) is 2.94. The summed E-state index contributed by atoms with van der Waals surface area (Å²) in [6.45, 7) is 1.22. The number of para-hydroxylation sites is 2. The van der Waals surface area contributed by atoms with Crippen molar-refractivity contribution in [1.82, 2.24) is 15.3 Å². The molecular formula is C18H17N3O2. The van der Waals surface area contributed by atoms with Crippen LogP contribution in [0.25, 0.3) is 10.9 Å². The van der Waals surface area contributed by atoms with Gasteiger partial charge in [-0.3, -0.25) is 4.79 Å². The molecule has 1 aromatic heterocycles. The van der Waals surface area contributed by atoms with Gasteiger partial charge in [-0.25, -0.2) is 4.98 Å². The highest BCUT2D eigenvalue weighted by Gasteiger charge is 2.21. The minimum Gasteiger partial charge on any atom is -0.488 e. The Balaban J connectivity index is 1.40. The van der Waals surface area contributed by atoms with Crippen LogP contribution in [0.2, 0.25) is 0 Å². The van der Waals surface area contributed by atoms with Crippen molar-refractivity contribution < 1.29 is 4.74 Å². The molecule has 1 atom stereocenters. The molecule has 5 nitrogen and oxygen atoms in total. The fourth-order valence-electron chi connectivity index (χ4n) is 2.94. The van der Waals surface area contributed by atoms with E-state index in [1.165, 1.54) is 5.56 Å². The Morgan fingerprint density at radius 2 is 2.00 bits per heavy atom. The van der Waals surface area contributed by atoms with Crippen LogP contribution in [-0.2, 0) is 13.0 Å². The maximum Gasteiger partial charge on any atom is 0.258 e. The first-order valence-electron chi connectivity index (χ1n) is 7.73. The van der Waals surface area contributed by atoms with Crippen LogP contribution in [0.1, 0.15) is 11.4 Å². The largest absolute Gasteiger partial charge is 0.488 e. The average Bonchev–Trinajstić information content (AvgIpc) is 2.98. The van der Waals surface area contributed by atoms with Crippen molar-refractivity contribution in [2.75, 3.05) is 6.54 Å². The number of nitrogens with one attached hydrogen (secondary N) is 2. The molecule has 23 heavy (non-hydrogen) atoms. The van der Waals surface area contributed by atoms with E-state index in [9.17, 15) is 4.79 Å². The Morgan fingerprint density at radius 1 is 1.17 bits per heavy atom. The van der Waals surface area contributed by atoms with Crippen LogP contribution in [0, 0.1) is 0 Å². The summed E-state index contributed by atoms with van der Waals surface area (Å²) >= 11 is 0. The number of H-pyrrole nitrogens is 1. The molecule has 0 saturated heterocycles. The lowest BCUT2D eigenvalue weighted by Crippen LogP contribution is -2.30. The summed E-state index contributed by atoms with van der Waals surface area (Å²) in [5.41, 5.74) is 1.87. The summed E-state index contributed by atoms with van der Waals surface area (Å²) in [5.74, 6) is 1.61. The Labute approximate surface area is 133 Å². The normalized spacial score (nSPS) is 16.3. The van der Waals surface area contributed by atoms with Crippen molar-refractivity contribution in [3.8, 4) is 5.75 Å². The topological polar surface area (TPSA) is 67.0 Å². The number of fused-ring (bicyclic) bond motifs is 2. The molecule has 0 saturated carbocycles. The van der Waals surface area contributed by atoms with Crippen LogP contribution < -0.4 is 15.6 Å². The molecule has 0 spiro atoms. The number of aromatic amines is 1. The lowest BCUT2D eigenvalue weighted by Gasteiger charge is -2.11. The summed E-state index contributed by atoms with van der Waals surface area (Å²) in [6.07, 6.45) is 1.03. The third-order valence-electron chi connectivity index (χ3n) is 4.04. The van der Waals surface area contributed by atoms with Crippen molar-refractivity contribution >= 4 is 10.9 Å². The van der Waals surface area contributed by atoms with E-state index in [0.717, 1.165) is 17.7 Å². The van der Waals surface area contributed by atoms with Gasteiger partial charge in [-0.2, -0.15) is 0 Å². The number of nitrogens with zero attached hydrogens (tertiary/aromatic N) is 1. The van der Waals surface area contributed by atoms with Crippen LogP contribution in [0.3, 0.4) is 0 Å². The minimum absolute atomic E-state index is 0.100. The third-order valence-corrected chi connectivity index (χ3v) is 4.04. The van der Waals surface area contributed by atoms with Crippen LogP contribution >= 0.6 is 0 Å². The Hall–Kier alpha value is -2.66. The number of hydrogen-bond acceptors (Lipinski definition) is 4. The van der Waals surface area contributed by atoms with Gasteiger partial charge in [0.05, 0.1) is 17.4 Å². The maximum atomic E-state index is 12.0. The van der Waals surface area contributed by atoms with Crippen LogP contribution in [-0.4, -0.2) is 22.6 Å². The lowest BCUT2D eigenvalue weighted by molar-refractivity contribution is 0.227. The molecule has 4 rings (SSSR count). The second-order valence-corrected chi connectivity index (χ2v) is 5.71. The van der Waals surface area contributed by atoms with E-state index < -0.39 is 0 Å². The summed E-state index contributed by atoms with van der Waals surface area (Å²) < 4.78 is 5.88. The molecule has 5 heteroatoms. The monoisotopic (exact) mass is 307 g/mol. The molecule has 1 aliphatic heterocycles. The van der Waals surface area contributed by atoms with Crippen LogP contribution in [0.5, 0.6) is 5.75 Å². The van der Waals surface area contributed by atoms with Crippen LogP contribution in [0.4, 0.5) is 0 Å². The molecule has 2 aromatic carbocycles. The van der Waals surface area contributed by atoms with E-state index in [-0.39, 0.29) is 11.7 Å². The third kappa shape index (κ3) is 2.83. The molecule has 2 N–H and O–H groups in total. The maximum absolute atomic E-state index is 12.0. The van der Waals surface area contributed by atoms with E-state index in [4.69, 9.17) is 4.74 Å². The molecule has 0 amide bonds. The van der Waals surface area contributed by atoms with Gasteiger partial charge in [0.2, 0.25) is 0 Å². The lowest BCUT2D eigenvalue weighted by atomic mass is 10.1. The van der Waals surface area contributed by atoms with Gasteiger partial charge in [-0.15, -0.1) is 0 Å². The number of rotatable bonds is 4. The molecular weight excluding hydrogens is 290 g/mol. The smallest absolute Gasteiger partial charge is 0.258 e. The molecule has 2 heterocycles. The van der Waals surface area contributed by atoms with E-state index in [1.807, 2.05) is 36.4 Å². The van der Waals surface area contributed by atoms with Gasteiger partial charge in [0, 0.05) is 13.0 Å². The minimum atomic E-state index is -0.100. The van der Waals surface area contributed by atoms with Crippen molar-refractivity contribution in [2.24, 2.45) is 0 Å². The predicted molar refractivity (Wildman–Crippen MR) is 88.6 cm³/mol. The van der Waals surface area contributed by atoms with Crippen molar-refractivity contribution in [3.05, 3.63) is 70.3 Å². The Kier molecular flexibility index (Phi) is 3.55. The molecule has 0 bridgehead atoms. The van der Waals surface area contributed by atoms with Crippen molar-refractivity contribution in [2.45, 2.75) is 19.1 Å². The quantitative estimate of drug-likeness (QED) is 0.774. The van der Waals surface area contributed by atoms with Gasteiger partial charge in [0.15, 0.2) is 0 Å². The highest BCUT2D eigenvalue weighted by Crippen LogP contribution is 2.27. The highest BCUT2D eigenvalue weighted by molar-refractivity contribution is 5.77. The van der Waals surface area contributed by atoms with E-state index in [0.29, 0.717) is 24.3 Å². The summed E-state index contributed by atoms with van der Waals surface area (Å²) in [5, 5.41) is 3.93. The van der Waals surface area contributed by atoms with Crippen molar-refractivity contribution in [3.63, 3.8) is 0 Å². The van der Waals surface area contributed by atoms with E-state index in [1.54, 1.807) is 6.07 Å². The zero-order valence-electron chi connectivity index (χ0n) is 12.6. The van der Waals surface area contributed by atoms with Gasteiger partial charge >= 0.3 is 0 Å². The van der Waals surface area contributed by atoms with Gasteiger partial charge in [0.1, 0.15) is 17.7 Å². The highest BCUT2D eigenvalue weighted by atomic mass is 16.5. The van der Waals surface area contributed by atoms with Gasteiger partial charge in [0.25, 0.3) is 5.56 Å². The van der Waals surface area contributed by atoms with Gasteiger partial charge in [-0.1, -0.05) is 30.3 Å². The molecule has 0 radical (unpaired) electrons. The Morgan fingerprint density at radius 3 is 2.91 bits per heavy atom. The van der Waals surface area contributed by atoms with E-state index >= 15 is 0 Å². The number of ether oxygens (including phenoxy) is 1. The standard InChI is InChI=1S/C18H17N3O2/c22-18-14-6-2-3-7-15(14)20-17(21-18)11-19-10-13-9-12-5-1-4-8-16(12)23-13/h1-8,13,19H,9-11H2,(H,20,21,22)/t13-/m0/s1. The number of aromatic nitrogens is 2. The summed E-state index contributed by atoms with van der Waals surface area (Å²) in [4.78, 5) is 19.3. The zero-order chi connectivity index (χ0) is 15.6. The average molecular weight is 307 g/mol. The molecule has 0 unspecified atom stereocenters.